The average molecular weight is 397 g/mol. The molecule has 1 unspecified atom stereocenters. The summed E-state index contributed by atoms with van der Waals surface area (Å²) in [6, 6.07) is 5.75. The van der Waals surface area contributed by atoms with Crippen LogP contribution >= 0.6 is 11.6 Å². The minimum Gasteiger partial charge on any atom is -0.465 e. The third-order valence-corrected chi connectivity index (χ3v) is 4.90. The summed E-state index contributed by atoms with van der Waals surface area (Å²) in [4.78, 5) is 16.1. The molecule has 1 aromatic carbocycles. The molecule has 0 radical (unpaired) electrons. The van der Waals surface area contributed by atoms with Gasteiger partial charge in [0.15, 0.2) is 6.29 Å². The van der Waals surface area contributed by atoms with Crippen LogP contribution in [0.5, 0.6) is 5.75 Å². The average Bonchev–Trinajstić information content (AvgIpc) is 2.61. The van der Waals surface area contributed by atoms with Crippen molar-refractivity contribution in [3.63, 3.8) is 0 Å². The van der Waals surface area contributed by atoms with Crippen LogP contribution in [-0.2, 0) is 9.47 Å². The summed E-state index contributed by atoms with van der Waals surface area (Å²) in [5.41, 5.74) is 0.479. The van der Waals surface area contributed by atoms with Crippen molar-refractivity contribution in [1.82, 2.24) is 4.90 Å². The molecule has 150 valence electrons. The lowest BCUT2D eigenvalue weighted by Gasteiger charge is -2.37. The maximum atomic E-state index is 12.2. The lowest BCUT2D eigenvalue weighted by atomic mass is 10.2. The predicted molar refractivity (Wildman–Crippen MR) is 106 cm³/mol. The summed E-state index contributed by atoms with van der Waals surface area (Å²) < 4.78 is 16.9. The number of benzene rings is 1. The van der Waals surface area contributed by atoms with Gasteiger partial charge >= 0.3 is 6.09 Å². The van der Waals surface area contributed by atoms with E-state index in [-0.39, 0.29) is 12.4 Å². The van der Waals surface area contributed by atoms with Crippen molar-refractivity contribution in [3.05, 3.63) is 23.2 Å². The number of piperazine rings is 1. The van der Waals surface area contributed by atoms with Crippen molar-refractivity contribution in [2.75, 3.05) is 37.7 Å². The number of ether oxygens (including phenoxy) is 3. The molecule has 27 heavy (non-hydrogen) atoms. The second kappa shape index (κ2) is 8.57. The Bertz CT molecular complexity index is 648. The Balaban J connectivity index is 1.55. The van der Waals surface area contributed by atoms with E-state index in [4.69, 9.17) is 25.8 Å². The van der Waals surface area contributed by atoms with E-state index in [1.165, 1.54) is 0 Å². The number of anilines is 1. The van der Waals surface area contributed by atoms with Crippen molar-refractivity contribution >= 4 is 23.4 Å². The first-order valence-corrected chi connectivity index (χ1v) is 10.0. The number of hydrogen-bond acceptors (Lipinski definition) is 5. The molecule has 0 N–H and O–H groups in total. The lowest BCUT2D eigenvalue weighted by Crippen LogP contribution is -2.50. The number of hydrogen-bond donors (Lipinski definition) is 0. The quantitative estimate of drug-likeness (QED) is 0.762. The molecule has 1 aromatic rings. The minimum absolute atomic E-state index is 0.182. The van der Waals surface area contributed by atoms with Crippen LogP contribution in [0.4, 0.5) is 10.5 Å². The SMILES string of the molecule is CC(C)(C)OC(=O)N1CCN(c2ccc(OC3CCCCO3)cc2Cl)CC1. The number of halogens is 1. The van der Waals surface area contributed by atoms with Gasteiger partial charge in [-0.05, 0) is 45.7 Å². The van der Waals surface area contributed by atoms with Crippen LogP contribution in [0.1, 0.15) is 40.0 Å². The third-order valence-electron chi connectivity index (χ3n) is 4.60. The fourth-order valence-electron chi connectivity index (χ4n) is 3.23. The monoisotopic (exact) mass is 396 g/mol. The van der Waals surface area contributed by atoms with E-state index in [2.05, 4.69) is 4.90 Å². The second-order valence-corrected chi connectivity index (χ2v) is 8.39. The molecule has 2 fully saturated rings. The highest BCUT2D eigenvalue weighted by molar-refractivity contribution is 6.33. The molecule has 2 saturated heterocycles. The predicted octanol–water partition coefficient (Wildman–Crippen LogP) is 4.30. The van der Waals surface area contributed by atoms with Gasteiger partial charge in [-0.25, -0.2) is 4.79 Å². The summed E-state index contributed by atoms with van der Waals surface area (Å²) >= 11 is 6.50. The maximum absolute atomic E-state index is 12.2. The summed E-state index contributed by atoms with van der Waals surface area (Å²) in [6.07, 6.45) is 2.68. The zero-order valence-corrected chi connectivity index (χ0v) is 17.1. The first-order chi connectivity index (χ1) is 12.8. The molecule has 6 nitrogen and oxygen atoms in total. The van der Waals surface area contributed by atoms with E-state index in [0.717, 1.165) is 37.3 Å². The van der Waals surface area contributed by atoms with Crippen LogP contribution in [0, 0.1) is 0 Å². The van der Waals surface area contributed by atoms with E-state index in [1.807, 2.05) is 39.0 Å². The number of amides is 1. The minimum atomic E-state index is -0.477. The molecule has 1 atom stereocenters. The number of rotatable bonds is 3. The Morgan fingerprint density at radius 1 is 1.19 bits per heavy atom. The van der Waals surface area contributed by atoms with Crippen LogP contribution in [0.3, 0.4) is 0 Å². The Kier molecular flexibility index (Phi) is 6.37. The van der Waals surface area contributed by atoms with Crippen molar-refractivity contribution in [1.29, 1.82) is 0 Å². The summed E-state index contributed by atoms with van der Waals surface area (Å²) in [7, 11) is 0. The van der Waals surface area contributed by atoms with Crippen molar-refractivity contribution in [3.8, 4) is 5.75 Å². The number of carbonyl (C=O) groups is 1. The lowest BCUT2D eigenvalue weighted by molar-refractivity contribution is -0.105. The number of nitrogens with zero attached hydrogens (tertiary/aromatic N) is 2. The van der Waals surface area contributed by atoms with Gasteiger partial charge in [0.1, 0.15) is 11.4 Å². The molecular formula is C20H29ClN2O4. The van der Waals surface area contributed by atoms with Gasteiger partial charge in [0.05, 0.1) is 17.3 Å². The zero-order chi connectivity index (χ0) is 19.4. The van der Waals surface area contributed by atoms with E-state index >= 15 is 0 Å². The molecule has 0 aliphatic carbocycles. The Morgan fingerprint density at radius 3 is 2.52 bits per heavy atom. The van der Waals surface area contributed by atoms with E-state index in [9.17, 15) is 4.79 Å². The molecule has 0 aromatic heterocycles. The zero-order valence-electron chi connectivity index (χ0n) is 16.4. The topological polar surface area (TPSA) is 51.2 Å². The van der Waals surface area contributed by atoms with Crippen LogP contribution in [0.25, 0.3) is 0 Å². The highest BCUT2D eigenvalue weighted by atomic mass is 35.5. The second-order valence-electron chi connectivity index (χ2n) is 7.98. The summed E-state index contributed by atoms with van der Waals surface area (Å²) in [6.45, 7) is 9.03. The Hall–Kier alpha value is -1.66. The smallest absolute Gasteiger partial charge is 0.410 e. The third kappa shape index (κ3) is 5.66. The molecule has 2 aliphatic heterocycles. The van der Waals surface area contributed by atoms with Gasteiger partial charge in [0.25, 0.3) is 0 Å². The molecule has 3 rings (SSSR count). The Morgan fingerprint density at radius 2 is 1.93 bits per heavy atom. The van der Waals surface area contributed by atoms with Gasteiger partial charge in [-0.2, -0.15) is 0 Å². The van der Waals surface area contributed by atoms with Crippen molar-refractivity contribution < 1.29 is 19.0 Å². The molecule has 0 saturated carbocycles. The molecular weight excluding hydrogens is 368 g/mol. The standard InChI is InChI=1S/C20H29ClN2O4/c1-20(2,3)27-19(24)23-11-9-22(10-12-23)17-8-7-15(14-16(17)21)26-18-6-4-5-13-25-18/h7-8,14,18H,4-6,9-13H2,1-3H3. The first kappa shape index (κ1) is 20.1. The van der Waals surface area contributed by atoms with Gasteiger partial charge in [-0.1, -0.05) is 11.6 Å². The molecule has 7 heteroatoms. The van der Waals surface area contributed by atoms with Gasteiger partial charge in [0, 0.05) is 38.7 Å². The van der Waals surface area contributed by atoms with Crippen molar-refractivity contribution in [2.45, 2.75) is 51.9 Å². The van der Waals surface area contributed by atoms with Gasteiger partial charge < -0.3 is 24.0 Å². The van der Waals surface area contributed by atoms with Gasteiger partial charge in [0.2, 0.25) is 0 Å². The van der Waals surface area contributed by atoms with Crippen LogP contribution in [0.15, 0.2) is 18.2 Å². The van der Waals surface area contributed by atoms with Gasteiger partial charge in [-0.15, -0.1) is 0 Å². The van der Waals surface area contributed by atoms with E-state index in [0.29, 0.717) is 31.2 Å². The molecule has 2 heterocycles. The van der Waals surface area contributed by atoms with Crippen LogP contribution in [-0.4, -0.2) is 55.7 Å². The highest BCUT2D eigenvalue weighted by Gasteiger charge is 2.26. The molecule has 2 aliphatic rings. The molecule has 0 bridgehead atoms. The fraction of sp³-hybridized carbons (Fsp3) is 0.650. The highest BCUT2D eigenvalue weighted by Crippen LogP contribution is 2.32. The Labute approximate surface area is 166 Å². The van der Waals surface area contributed by atoms with E-state index < -0.39 is 5.60 Å². The fourth-order valence-corrected chi connectivity index (χ4v) is 3.52. The van der Waals surface area contributed by atoms with Crippen LogP contribution in [0.2, 0.25) is 5.02 Å². The maximum Gasteiger partial charge on any atom is 0.410 e. The van der Waals surface area contributed by atoms with Crippen LogP contribution < -0.4 is 9.64 Å². The van der Waals surface area contributed by atoms with Crippen molar-refractivity contribution in [2.24, 2.45) is 0 Å². The van der Waals surface area contributed by atoms with E-state index in [1.54, 1.807) is 4.90 Å². The summed E-state index contributed by atoms with van der Waals surface area (Å²) in [5, 5.41) is 0.647. The first-order valence-electron chi connectivity index (χ1n) is 9.62. The number of carbonyl (C=O) groups excluding carboxylic acids is 1. The molecule has 1 amide bonds. The largest absolute Gasteiger partial charge is 0.465 e. The van der Waals surface area contributed by atoms with Gasteiger partial charge in [-0.3, -0.25) is 0 Å². The molecule has 0 spiro atoms. The normalized spacial score (nSPS) is 21.1. The summed E-state index contributed by atoms with van der Waals surface area (Å²) in [5.74, 6) is 0.725.